The molecule has 0 heterocycles. The van der Waals surface area contributed by atoms with Gasteiger partial charge < -0.3 is 9.53 Å². The Morgan fingerprint density at radius 2 is 1.81 bits per heavy atom. The quantitative estimate of drug-likeness (QED) is 0.576. The minimum Gasteiger partial charge on any atom is -0.406 e. The van der Waals surface area contributed by atoms with Gasteiger partial charge in [0.2, 0.25) is 0 Å². The van der Waals surface area contributed by atoms with Crippen molar-refractivity contribution in [1.82, 2.24) is 0 Å². The van der Waals surface area contributed by atoms with Gasteiger partial charge in [-0.2, -0.15) is 0 Å². The van der Waals surface area contributed by atoms with E-state index in [4.69, 9.17) is 0 Å². The SMILES string of the molecule is O=CCCCc1ccc(OC(F)(F)F)cc1. The summed E-state index contributed by atoms with van der Waals surface area (Å²) in [5.74, 6) is -0.230. The highest BCUT2D eigenvalue weighted by Gasteiger charge is 2.30. The molecule has 0 radical (unpaired) electrons. The molecule has 0 aliphatic rings. The van der Waals surface area contributed by atoms with Crippen LogP contribution < -0.4 is 4.74 Å². The fraction of sp³-hybridized carbons (Fsp3) is 0.364. The molecule has 1 aromatic rings. The summed E-state index contributed by atoms with van der Waals surface area (Å²) in [5, 5.41) is 0. The van der Waals surface area contributed by atoms with Crippen LogP contribution >= 0.6 is 0 Å². The fourth-order valence-electron chi connectivity index (χ4n) is 1.25. The molecule has 0 unspecified atom stereocenters. The first-order valence-corrected chi connectivity index (χ1v) is 4.79. The topological polar surface area (TPSA) is 26.3 Å². The van der Waals surface area contributed by atoms with Gasteiger partial charge in [0.15, 0.2) is 0 Å². The normalized spacial score (nSPS) is 11.2. The second kappa shape index (κ2) is 5.53. The van der Waals surface area contributed by atoms with Gasteiger partial charge in [-0.05, 0) is 30.5 Å². The van der Waals surface area contributed by atoms with E-state index in [9.17, 15) is 18.0 Å². The van der Waals surface area contributed by atoms with Gasteiger partial charge in [-0.15, -0.1) is 13.2 Å². The Bertz CT molecular complexity index is 330. The molecule has 0 saturated heterocycles. The molecule has 1 rings (SSSR count). The molecule has 2 nitrogen and oxygen atoms in total. The zero-order chi connectivity index (χ0) is 12.0. The monoisotopic (exact) mass is 232 g/mol. The van der Waals surface area contributed by atoms with E-state index in [-0.39, 0.29) is 5.75 Å². The number of alkyl halides is 3. The molecule has 0 spiro atoms. The van der Waals surface area contributed by atoms with Crippen molar-refractivity contribution in [2.24, 2.45) is 0 Å². The van der Waals surface area contributed by atoms with Gasteiger partial charge in [-0.25, -0.2) is 0 Å². The summed E-state index contributed by atoms with van der Waals surface area (Å²) < 4.78 is 39.2. The van der Waals surface area contributed by atoms with Gasteiger partial charge in [0.1, 0.15) is 12.0 Å². The molecular weight excluding hydrogens is 221 g/mol. The average molecular weight is 232 g/mol. The maximum Gasteiger partial charge on any atom is 0.573 e. The van der Waals surface area contributed by atoms with Crippen LogP contribution in [0.4, 0.5) is 13.2 Å². The Kier molecular flexibility index (Phi) is 4.34. The van der Waals surface area contributed by atoms with Crippen molar-refractivity contribution in [2.75, 3.05) is 0 Å². The van der Waals surface area contributed by atoms with Gasteiger partial charge >= 0.3 is 6.36 Å². The maximum atomic E-state index is 11.8. The van der Waals surface area contributed by atoms with Crippen molar-refractivity contribution in [1.29, 1.82) is 0 Å². The largest absolute Gasteiger partial charge is 0.573 e. The third-order valence-corrected chi connectivity index (χ3v) is 1.94. The molecule has 16 heavy (non-hydrogen) atoms. The molecule has 1 aromatic carbocycles. The molecule has 0 bridgehead atoms. The first kappa shape index (κ1) is 12.5. The van der Waals surface area contributed by atoms with E-state index >= 15 is 0 Å². The number of unbranched alkanes of at least 4 members (excludes halogenated alkanes) is 1. The van der Waals surface area contributed by atoms with Crippen molar-refractivity contribution >= 4 is 6.29 Å². The lowest BCUT2D eigenvalue weighted by Crippen LogP contribution is -2.17. The molecule has 0 atom stereocenters. The highest BCUT2D eigenvalue weighted by molar-refractivity contribution is 5.49. The lowest BCUT2D eigenvalue weighted by atomic mass is 10.1. The fourth-order valence-corrected chi connectivity index (χ4v) is 1.25. The number of aldehydes is 1. The second-order valence-electron chi connectivity index (χ2n) is 3.25. The van der Waals surface area contributed by atoms with Crippen LogP contribution in [0.1, 0.15) is 18.4 Å². The molecule has 0 fully saturated rings. The Morgan fingerprint density at radius 3 is 2.31 bits per heavy atom. The van der Waals surface area contributed by atoms with Crippen molar-refractivity contribution in [3.63, 3.8) is 0 Å². The summed E-state index contributed by atoms with van der Waals surface area (Å²) in [4.78, 5) is 10.1. The zero-order valence-corrected chi connectivity index (χ0v) is 8.46. The number of halogens is 3. The molecule has 5 heteroatoms. The van der Waals surface area contributed by atoms with Gasteiger partial charge in [0.05, 0.1) is 0 Å². The Hall–Kier alpha value is -1.52. The average Bonchev–Trinajstić information content (AvgIpc) is 2.19. The van der Waals surface area contributed by atoms with Crippen molar-refractivity contribution < 1.29 is 22.7 Å². The van der Waals surface area contributed by atoms with Crippen LogP contribution in [-0.2, 0) is 11.2 Å². The molecule has 88 valence electrons. The summed E-state index contributed by atoms with van der Waals surface area (Å²) in [7, 11) is 0. The molecule has 0 aliphatic heterocycles. The van der Waals surface area contributed by atoms with E-state index in [1.807, 2.05) is 0 Å². The van der Waals surface area contributed by atoms with Gasteiger partial charge in [0, 0.05) is 6.42 Å². The van der Waals surface area contributed by atoms with Gasteiger partial charge in [0.25, 0.3) is 0 Å². The van der Waals surface area contributed by atoms with Crippen LogP contribution in [0.5, 0.6) is 5.75 Å². The highest BCUT2D eigenvalue weighted by Crippen LogP contribution is 2.22. The summed E-state index contributed by atoms with van der Waals surface area (Å²) in [5.41, 5.74) is 0.886. The predicted molar refractivity (Wildman–Crippen MR) is 52.1 cm³/mol. The summed E-state index contributed by atoms with van der Waals surface area (Å²) >= 11 is 0. The standard InChI is InChI=1S/C11H11F3O2/c12-11(13,14)16-10-6-4-9(5-7-10)3-1-2-8-15/h4-8H,1-3H2. The highest BCUT2D eigenvalue weighted by atomic mass is 19.4. The van der Waals surface area contributed by atoms with Crippen LogP contribution in [0, 0.1) is 0 Å². The molecule has 0 aromatic heterocycles. The predicted octanol–water partition coefficient (Wildman–Crippen LogP) is 3.11. The van der Waals surface area contributed by atoms with E-state index in [1.165, 1.54) is 12.1 Å². The minimum atomic E-state index is -4.65. The summed E-state index contributed by atoms with van der Waals surface area (Å²) in [6.45, 7) is 0. The number of rotatable bonds is 5. The summed E-state index contributed by atoms with van der Waals surface area (Å²) in [6.07, 6.45) is -2.00. The molecular formula is C11H11F3O2. The van der Waals surface area contributed by atoms with Crippen molar-refractivity contribution in [3.05, 3.63) is 29.8 Å². The number of hydrogen-bond donors (Lipinski definition) is 0. The van der Waals surface area contributed by atoms with Crippen LogP contribution in [0.2, 0.25) is 0 Å². The Labute approximate surface area is 91.0 Å². The number of aryl methyl sites for hydroxylation is 1. The first-order valence-electron chi connectivity index (χ1n) is 4.79. The third kappa shape index (κ3) is 4.82. The molecule has 0 N–H and O–H groups in total. The van der Waals surface area contributed by atoms with E-state index in [2.05, 4.69) is 4.74 Å². The van der Waals surface area contributed by atoms with Crippen LogP contribution in [0.25, 0.3) is 0 Å². The van der Waals surface area contributed by atoms with Crippen molar-refractivity contribution in [2.45, 2.75) is 25.6 Å². The number of carbonyl (C=O) groups is 1. The smallest absolute Gasteiger partial charge is 0.406 e. The van der Waals surface area contributed by atoms with Crippen LogP contribution in [-0.4, -0.2) is 12.6 Å². The van der Waals surface area contributed by atoms with E-state index in [1.54, 1.807) is 12.1 Å². The van der Waals surface area contributed by atoms with Gasteiger partial charge in [-0.1, -0.05) is 12.1 Å². The number of carbonyl (C=O) groups excluding carboxylic acids is 1. The zero-order valence-electron chi connectivity index (χ0n) is 8.46. The maximum absolute atomic E-state index is 11.8. The third-order valence-electron chi connectivity index (χ3n) is 1.94. The Balaban J connectivity index is 2.51. The van der Waals surface area contributed by atoms with Crippen molar-refractivity contribution in [3.8, 4) is 5.75 Å². The molecule has 0 aliphatic carbocycles. The molecule has 0 saturated carbocycles. The number of benzene rings is 1. The van der Waals surface area contributed by atoms with Crippen LogP contribution in [0.15, 0.2) is 24.3 Å². The van der Waals surface area contributed by atoms with Crippen LogP contribution in [0.3, 0.4) is 0 Å². The number of hydrogen-bond acceptors (Lipinski definition) is 2. The Morgan fingerprint density at radius 1 is 1.19 bits per heavy atom. The lowest BCUT2D eigenvalue weighted by molar-refractivity contribution is -0.274. The van der Waals surface area contributed by atoms with E-state index < -0.39 is 6.36 Å². The summed E-state index contributed by atoms with van der Waals surface area (Å²) in [6, 6.07) is 5.66. The first-order chi connectivity index (χ1) is 7.51. The van der Waals surface area contributed by atoms with E-state index in [0.29, 0.717) is 19.3 Å². The second-order valence-corrected chi connectivity index (χ2v) is 3.25. The van der Waals surface area contributed by atoms with Gasteiger partial charge in [-0.3, -0.25) is 0 Å². The van der Waals surface area contributed by atoms with E-state index in [0.717, 1.165) is 11.8 Å². The minimum absolute atomic E-state index is 0.230. The number of ether oxygens (including phenoxy) is 1. The lowest BCUT2D eigenvalue weighted by Gasteiger charge is -2.08. The molecule has 0 amide bonds.